The van der Waals surface area contributed by atoms with E-state index in [0.717, 1.165) is 17.7 Å². The van der Waals surface area contributed by atoms with E-state index in [4.69, 9.17) is 18.9 Å². The van der Waals surface area contributed by atoms with Crippen LogP contribution in [-0.2, 0) is 39.9 Å². The van der Waals surface area contributed by atoms with E-state index >= 15 is 0 Å². The van der Waals surface area contributed by atoms with Crippen molar-refractivity contribution in [3.8, 4) is 11.3 Å². The molecule has 0 spiro atoms. The van der Waals surface area contributed by atoms with Gasteiger partial charge in [-0.2, -0.15) is 0 Å². The number of amides is 1. The summed E-state index contributed by atoms with van der Waals surface area (Å²) in [5.74, 6) is -4.44. The lowest BCUT2D eigenvalue weighted by atomic mass is 9.69. The molecule has 3 fully saturated rings. The molecule has 2 aromatic rings. The summed E-state index contributed by atoms with van der Waals surface area (Å²) in [6, 6.07) is 3.08. The Labute approximate surface area is 325 Å². The van der Waals surface area contributed by atoms with Crippen molar-refractivity contribution in [1.82, 2.24) is 19.4 Å². The standard InChI is InChI=1S/C42H62N4O9/c1-11-32-42(10)36(46(40(51)55-42)18-13-12-17-45-22-31(44-23-45)30-15-14-16-43-21-30)27(5)33(47)25(3)20-41(8,9)37(28(6)35(49)29(7)38(50)53-32)54-39-34(48)24(2)19-26(4)52-39/h14-16,21-29,32,34,36-37,39,48H,11-13,17-20H2,1-10H3/t24-,25+,26+,27-,28-,29+,32+,34+,36+,37+,39-,42+/m0/s1. The Balaban J connectivity index is 1.41. The van der Waals surface area contributed by atoms with Gasteiger partial charge < -0.3 is 33.5 Å². The number of aromatic nitrogens is 3. The quantitative estimate of drug-likeness (QED) is 0.175. The zero-order chi connectivity index (χ0) is 40.4. The SMILES string of the molecule is CC[C@H]1OC(=O)[C@H](C)C(=O)[C@H](C)[C@@H](O[C@@H]2O[C@H](C)C[C@H](C)[C@H]2O)C(C)(C)C[C@@H](C)C(=O)[C@H](C)[C@H]2N(CCCCn3cnc(-c4cccnc4)c3)C(=O)O[C@]12C. The predicted molar refractivity (Wildman–Crippen MR) is 204 cm³/mol. The average molecular weight is 767 g/mol. The number of aliphatic hydroxyl groups excluding tert-OH is 1. The molecule has 1 amide bonds. The van der Waals surface area contributed by atoms with Crippen LogP contribution < -0.4 is 0 Å². The van der Waals surface area contributed by atoms with Crippen molar-refractivity contribution in [3.05, 3.63) is 37.1 Å². The first-order valence-corrected chi connectivity index (χ1v) is 20.1. The minimum Gasteiger partial charge on any atom is -0.458 e. The molecule has 5 heterocycles. The maximum atomic E-state index is 14.6. The van der Waals surface area contributed by atoms with Crippen molar-refractivity contribution in [1.29, 1.82) is 0 Å². The summed E-state index contributed by atoms with van der Waals surface area (Å²) >= 11 is 0. The number of nitrogens with zero attached hydrogens (tertiary/aromatic N) is 4. The Morgan fingerprint density at radius 1 is 0.982 bits per heavy atom. The Morgan fingerprint density at radius 3 is 2.36 bits per heavy atom. The van der Waals surface area contributed by atoms with Crippen molar-refractivity contribution in [2.75, 3.05) is 6.54 Å². The number of esters is 1. The predicted octanol–water partition coefficient (Wildman–Crippen LogP) is 6.26. The number of rotatable bonds is 9. The molecule has 3 aliphatic heterocycles. The topological polar surface area (TPSA) is 159 Å². The number of aryl methyl sites for hydroxylation is 1. The molecule has 0 aromatic carbocycles. The van der Waals surface area contributed by atoms with Crippen LogP contribution >= 0.6 is 0 Å². The van der Waals surface area contributed by atoms with Gasteiger partial charge in [0, 0.05) is 55.0 Å². The first kappa shape index (κ1) is 42.5. The largest absolute Gasteiger partial charge is 0.458 e. The van der Waals surface area contributed by atoms with Gasteiger partial charge in [-0.15, -0.1) is 0 Å². The van der Waals surface area contributed by atoms with Crippen LogP contribution in [0.25, 0.3) is 11.3 Å². The summed E-state index contributed by atoms with van der Waals surface area (Å²) in [5.41, 5.74) is -0.398. The number of unbranched alkanes of at least 4 members (excludes halogenated alkanes) is 1. The molecule has 304 valence electrons. The highest BCUT2D eigenvalue weighted by Gasteiger charge is 2.60. The van der Waals surface area contributed by atoms with Gasteiger partial charge in [-0.05, 0) is 76.3 Å². The molecule has 0 radical (unpaired) electrons. The zero-order valence-electron chi connectivity index (χ0n) is 34.3. The summed E-state index contributed by atoms with van der Waals surface area (Å²) < 4.78 is 26.9. The van der Waals surface area contributed by atoms with Gasteiger partial charge in [-0.25, -0.2) is 9.78 Å². The molecule has 3 saturated heterocycles. The molecule has 0 saturated carbocycles. The van der Waals surface area contributed by atoms with Gasteiger partial charge in [-0.1, -0.05) is 48.5 Å². The van der Waals surface area contributed by atoms with Crippen LogP contribution in [0.15, 0.2) is 37.1 Å². The number of carbonyl (C=O) groups excluding carboxylic acids is 4. The second kappa shape index (κ2) is 17.2. The number of ketones is 2. The molecule has 5 rings (SSSR count). The zero-order valence-corrected chi connectivity index (χ0v) is 34.3. The highest BCUT2D eigenvalue weighted by atomic mass is 16.7. The minimum absolute atomic E-state index is 0.0746. The van der Waals surface area contributed by atoms with Gasteiger partial charge in [0.1, 0.15) is 23.9 Å². The van der Waals surface area contributed by atoms with E-state index in [1.807, 2.05) is 71.4 Å². The minimum atomic E-state index is -1.36. The normalized spacial score (nSPS) is 36.2. The van der Waals surface area contributed by atoms with Crippen molar-refractivity contribution < 1.29 is 43.2 Å². The second-order valence-corrected chi connectivity index (χ2v) is 17.2. The van der Waals surface area contributed by atoms with Crippen molar-refractivity contribution in [3.63, 3.8) is 0 Å². The van der Waals surface area contributed by atoms with Gasteiger partial charge in [0.15, 0.2) is 17.7 Å². The molecule has 55 heavy (non-hydrogen) atoms. The molecular formula is C42H62N4O9. The maximum absolute atomic E-state index is 14.6. The smallest absolute Gasteiger partial charge is 0.410 e. The Morgan fingerprint density at radius 2 is 1.69 bits per heavy atom. The van der Waals surface area contributed by atoms with Crippen LogP contribution in [0.4, 0.5) is 4.79 Å². The molecule has 13 heteroatoms. The molecule has 2 aromatic heterocycles. The summed E-state index contributed by atoms with van der Waals surface area (Å²) in [5, 5.41) is 11.1. The van der Waals surface area contributed by atoms with Gasteiger partial charge >= 0.3 is 12.1 Å². The number of hydrogen-bond acceptors (Lipinski definition) is 11. The Hall–Kier alpha value is -3.68. The van der Waals surface area contributed by atoms with Gasteiger partial charge in [0.2, 0.25) is 0 Å². The maximum Gasteiger partial charge on any atom is 0.410 e. The number of carbonyl (C=O) groups is 4. The van der Waals surface area contributed by atoms with E-state index in [0.29, 0.717) is 38.8 Å². The van der Waals surface area contributed by atoms with Crippen LogP contribution in [-0.4, -0.2) is 97.1 Å². The lowest BCUT2D eigenvalue weighted by molar-refractivity contribution is -0.284. The Bertz CT molecular complexity index is 1660. The first-order valence-electron chi connectivity index (χ1n) is 20.1. The van der Waals surface area contributed by atoms with Crippen LogP contribution in [0.1, 0.15) is 101 Å². The van der Waals surface area contributed by atoms with E-state index in [9.17, 15) is 24.3 Å². The molecule has 1 N–H and O–H groups in total. The number of cyclic esters (lactones) is 1. The number of pyridine rings is 1. The third-order valence-electron chi connectivity index (χ3n) is 12.3. The van der Waals surface area contributed by atoms with Crippen LogP contribution in [0.5, 0.6) is 0 Å². The molecular weight excluding hydrogens is 704 g/mol. The highest BCUT2D eigenvalue weighted by Crippen LogP contribution is 2.44. The molecule has 13 nitrogen and oxygen atoms in total. The molecule has 0 bridgehead atoms. The lowest BCUT2D eigenvalue weighted by Gasteiger charge is -2.45. The molecule has 0 aliphatic carbocycles. The number of hydrogen-bond donors (Lipinski definition) is 1. The number of aliphatic hydroxyl groups is 1. The number of imidazole rings is 1. The molecule has 0 unspecified atom stereocenters. The summed E-state index contributed by atoms with van der Waals surface area (Å²) in [6.07, 6.45) is 5.51. The number of fused-ring (bicyclic) bond motifs is 1. The highest BCUT2D eigenvalue weighted by molar-refractivity contribution is 6.00. The van der Waals surface area contributed by atoms with E-state index in [1.54, 1.807) is 37.5 Å². The Kier molecular flexibility index (Phi) is 13.3. The monoisotopic (exact) mass is 766 g/mol. The van der Waals surface area contributed by atoms with E-state index < -0.39 is 77.4 Å². The fourth-order valence-electron chi connectivity index (χ4n) is 9.36. The average Bonchev–Trinajstić information content (AvgIpc) is 3.72. The van der Waals surface area contributed by atoms with Crippen LogP contribution in [0.2, 0.25) is 0 Å². The summed E-state index contributed by atoms with van der Waals surface area (Å²) in [4.78, 5) is 66.7. The third-order valence-corrected chi connectivity index (χ3v) is 12.3. The van der Waals surface area contributed by atoms with Crippen molar-refractivity contribution in [2.45, 2.75) is 150 Å². The first-order chi connectivity index (χ1) is 25.9. The van der Waals surface area contributed by atoms with Crippen LogP contribution in [0, 0.1) is 35.0 Å². The van der Waals surface area contributed by atoms with Gasteiger partial charge in [0.05, 0.1) is 30.3 Å². The summed E-state index contributed by atoms with van der Waals surface area (Å²) in [7, 11) is 0. The van der Waals surface area contributed by atoms with Crippen LogP contribution in [0.3, 0.4) is 0 Å². The fourth-order valence-corrected chi connectivity index (χ4v) is 9.36. The van der Waals surface area contributed by atoms with Gasteiger partial charge in [0.25, 0.3) is 0 Å². The number of ether oxygens (including phenoxy) is 4. The third kappa shape index (κ3) is 8.99. The number of Topliss-reactive ketones (excluding diaryl/α,β-unsaturated/α-hetero) is 2. The van der Waals surface area contributed by atoms with E-state index in [-0.39, 0.29) is 23.6 Å². The van der Waals surface area contributed by atoms with Gasteiger partial charge in [-0.3, -0.25) is 19.4 Å². The lowest BCUT2D eigenvalue weighted by Crippen LogP contribution is -2.58. The molecule has 12 atom stereocenters. The van der Waals surface area contributed by atoms with Crippen molar-refractivity contribution >= 4 is 23.6 Å². The molecule has 3 aliphatic rings. The van der Waals surface area contributed by atoms with E-state index in [1.165, 1.54) is 6.92 Å². The van der Waals surface area contributed by atoms with E-state index in [2.05, 4.69) is 9.97 Å². The van der Waals surface area contributed by atoms with Crippen molar-refractivity contribution in [2.24, 2.45) is 35.0 Å². The fraction of sp³-hybridized carbons (Fsp3) is 0.714. The summed E-state index contributed by atoms with van der Waals surface area (Å²) in [6.45, 7) is 19.3. The second-order valence-electron chi connectivity index (χ2n) is 17.2.